The second-order valence-electron chi connectivity index (χ2n) is 9.27. The molecule has 9 N–H and O–H groups in total. The van der Waals surface area contributed by atoms with Crippen molar-refractivity contribution in [3.63, 3.8) is 0 Å². The molecule has 0 aliphatic rings. The molecule has 1 unspecified atom stereocenters. The number of benzene rings is 2. The Hall–Kier alpha value is -3.80. The summed E-state index contributed by atoms with van der Waals surface area (Å²) >= 11 is 1.13. The largest absolute Gasteiger partial charge is 0.493 e. The van der Waals surface area contributed by atoms with Gasteiger partial charge in [-0.3, -0.25) is 15.2 Å². The van der Waals surface area contributed by atoms with Gasteiger partial charge in [-0.2, -0.15) is 0 Å². The van der Waals surface area contributed by atoms with Gasteiger partial charge in [0.15, 0.2) is 5.17 Å². The smallest absolute Gasteiger partial charge is 0.230 e. The van der Waals surface area contributed by atoms with Crippen LogP contribution in [-0.4, -0.2) is 52.8 Å². The van der Waals surface area contributed by atoms with Crippen molar-refractivity contribution in [2.24, 2.45) is 16.5 Å². The lowest BCUT2D eigenvalue weighted by atomic mass is 10.1. The van der Waals surface area contributed by atoms with E-state index in [0.717, 1.165) is 40.8 Å². The van der Waals surface area contributed by atoms with Crippen LogP contribution < -0.4 is 26.8 Å². The van der Waals surface area contributed by atoms with Gasteiger partial charge in [-0.15, -0.1) is 0 Å². The third-order valence-corrected chi connectivity index (χ3v) is 6.67. The normalized spacial score (nSPS) is 13.0. The van der Waals surface area contributed by atoms with Gasteiger partial charge in [0.05, 0.1) is 23.9 Å². The van der Waals surface area contributed by atoms with Crippen LogP contribution in [0.25, 0.3) is 0 Å². The zero-order chi connectivity index (χ0) is 29.9. The predicted molar refractivity (Wildman–Crippen MR) is 166 cm³/mol. The summed E-state index contributed by atoms with van der Waals surface area (Å²) < 4.78 is 5.55. The van der Waals surface area contributed by atoms with Crippen LogP contribution in [0.15, 0.2) is 83.3 Å². The fraction of sp³-hybridized carbons (Fsp3) is 0.367. The highest BCUT2D eigenvalue weighted by Crippen LogP contribution is 2.16. The van der Waals surface area contributed by atoms with Gasteiger partial charge in [0.2, 0.25) is 5.91 Å². The van der Waals surface area contributed by atoms with E-state index in [4.69, 9.17) is 26.7 Å². The minimum absolute atomic E-state index is 0.0212. The van der Waals surface area contributed by atoms with Crippen molar-refractivity contribution in [1.29, 1.82) is 5.41 Å². The number of nitrogens with one attached hydrogen (secondary N) is 3. The molecule has 0 aromatic heterocycles. The third-order valence-electron chi connectivity index (χ3n) is 5.74. The molecule has 2 rings (SSSR count). The predicted octanol–water partition coefficient (Wildman–Crippen LogP) is 3.16. The molecule has 0 fully saturated rings. The van der Waals surface area contributed by atoms with Gasteiger partial charge >= 0.3 is 0 Å². The van der Waals surface area contributed by atoms with E-state index < -0.39 is 6.23 Å². The van der Waals surface area contributed by atoms with E-state index in [1.807, 2.05) is 36.4 Å². The van der Waals surface area contributed by atoms with E-state index in [1.165, 1.54) is 0 Å². The molecule has 0 spiro atoms. The average Bonchev–Trinajstić information content (AvgIpc) is 2.94. The summed E-state index contributed by atoms with van der Waals surface area (Å²) in [6.07, 6.45) is 6.60. The quantitative estimate of drug-likeness (QED) is 0.0518. The number of ether oxygens (including phenoxy) is 1. The average molecular weight is 583 g/mol. The van der Waals surface area contributed by atoms with Gasteiger partial charge in [0.1, 0.15) is 12.0 Å². The molecule has 0 radical (unpaired) electrons. The van der Waals surface area contributed by atoms with E-state index >= 15 is 0 Å². The Balaban J connectivity index is 1.67. The Bertz CT molecular complexity index is 1190. The van der Waals surface area contributed by atoms with Crippen LogP contribution in [0.4, 0.5) is 0 Å². The molecule has 0 aliphatic carbocycles. The number of thioether (sulfide) groups is 1. The molecule has 1 atom stereocenters. The monoisotopic (exact) mass is 582 g/mol. The number of amidine groups is 1. The molecule has 222 valence electrons. The summed E-state index contributed by atoms with van der Waals surface area (Å²) in [6.45, 7) is 0.461. The lowest BCUT2D eigenvalue weighted by Crippen LogP contribution is -2.33. The van der Waals surface area contributed by atoms with Crippen LogP contribution >= 0.6 is 11.8 Å². The summed E-state index contributed by atoms with van der Waals surface area (Å²) in [5.41, 5.74) is 14.5. The second kappa shape index (κ2) is 19.3. The van der Waals surface area contributed by atoms with Crippen molar-refractivity contribution >= 4 is 27.9 Å². The van der Waals surface area contributed by atoms with Crippen LogP contribution in [-0.2, 0) is 17.6 Å². The molecule has 11 heteroatoms. The number of hydrogen-bond acceptors (Lipinski definition) is 10. The Kier molecular flexibility index (Phi) is 15.7. The van der Waals surface area contributed by atoms with E-state index in [1.54, 1.807) is 37.4 Å². The number of carbonyl (C=O) groups is 1. The van der Waals surface area contributed by atoms with E-state index in [0.29, 0.717) is 49.6 Å². The van der Waals surface area contributed by atoms with Crippen LogP contribution in [0.5, 0.6) is 5.75 Å². The Morgan fingerprint density at radius 1 is 1.07 bits per heavy atom. The fourth-order valence-electron chi connectivity index (χ4n) is 3.72. The number of unbranched alkanes of at least 4 members (excludes halogenated alkanes) is 1. The third kappa shape index (κ3) is 15.0. The van der Waals surface area contributed by atoms with E-state index in [2.05, 4.69) is 15.6 Å². The van der Waals surface area contributed by atoms with Gasteiger partial charge in [-0.1, -0.05) is 42.5 Å². The van der Waals surface area contributed by atoms with Gasteiger partial charge < -0.3 is 37.1 Å². The van der Waals surface area contributed by atoms with E-state index in [9.17, 15) is 9.90 Å². The van der Waals surface area contributed by atoms with Crippen LogP contribution in [0.2, 0.25) is 0 Å². The fourth-order valence-corrected chi connectivity index (χ4v) is 4.46. The summed E-state index contributed by atoms with van der Waals surface area (Å²) in [5, 5.41) is 33.4. The van der Waals surface area contributed by atoms with Gasteiger partial charge in [-0.25, -0.2) is 0 Å². The number of amides is 1. The van der Waals surface area contributed by atoms with Crippen molar-refractivity contribution in [3.05, 3.63) is 89.4 Å². The van der Waals surface area contributed by atoms with Crippen molar-refractivity contribution in [2.45, 2.75) is 51.2 Å². The number of hydrogen-bond donors (Lipinski definition) is 7. The highest BCUT2D eigenvalue weighted by Gasteiger charge is 2.11. The number of rotatable bonds is 16. The van der Waals surface area contributed by atoms with Gasteiger partial charge in [0.25, 0.3) is 0 Å². The highest BCUT2D eigenvalue weighted by molar-refractivity contribution is 8.26. The van der Waals surface area contributed by atoms with Gasteiger partial charge in [-0.05, 0) is 72.9 Å². The van der Waals surface area contributed by atoms with Crippen molar-refractivity contribution in [1.82, 2.24) is 10.6 Å². The summed E-state index contributed by atoms with van der Waals surface area (Å²) in [6, 6.07) is 16.9. The zero-order valence-corrected chi connectivity index (χ0v) is 24.3. The lowest BCUT2D eigenvalue weighted by molar-refractivity contribution is -0.119. The molecule has 0 heterocycles. The van der Waals surface area contributed by atoms with Gasteiger partial charge in [0, 0.05) is 32.2 Å². The molecule has 0 saturated heterocycles. The lowest BCUT2D eigenvalue weighted by Gasteiger charge is -2.14. The van der Waals surface area contributed by atoms with Crippen molar-refractivity contribution < 1.29 is 19.7 Å². The molecule has 10 nitrogen and oxygen atoms in total. The number of nitrogens with two attached hydrogens (primary N) is 2. The molecular formula is C30H42N6O4S. The molecule has 41 heavy (non-hydrogen) atoms. The molecule has 0 saturated carbocycles. The van der Waals surface area contributed by atoms with Crippen molar-refractivity contribution in [2.75, 3.05) is 20.3 Å². The molecular weight excluding hydrogens is 540 g/mol. The first kappa shape index (κ1) is 33.4. The maximum Gasteiger partial charge on any atom is 0.230 e. The first-order valence-electron chi connectivity index (χ1n) is 13.5. The van der Waals surface area contributed by atoms with E-state index in [-0.39, 0.29) is 24.1 Å². The number of carbonyl (C=O) groups excluding carboxylic acids is 1. The number of nitrogens with zero attached hydrogens (tertiary/aromatic N) is 1. The van der Waals surface area contributed by atoms with Crippen LogP contribution in [0.1, 0.15) is 43.2 Å². The maximum atomic E-state index is 12.4. The second-order valence-corrected chi connectivity index (χ2v) is 10.4. The molecule has 0 aliphatic heterocycles. The number of aliphatic imine (C=N–C) groups is 1. The summed E-state index contributed by atoms with van der Waals surface area (Å²) in [7, 11) is 1.67. The maximum absolute atomic E-state index is 12.4. The Morgan fingerprint density at radius 3 is 2.54 bits per heavy atom. The highest BCUT2D eigenvalue weighted by atomic mass is 32.2. The number of aliphatic hydroxyl groups excluding tert-OH is 2. The molecule has 0 bridgehead atoms. The molecule has 2 aromatic carbocycles. The minimum Gasteiger partial charge on any atom is -0.493 e. The topological polar surface area (TPSA) is 179 Å². The number of aliphatic hydroxyl groups is 2. The molecule has 2 aromatic rings. The molecule has 1 amide bonds. The van der Waals surface area contributed by atoms with Crippen LogP contribution in [0.3, 0.4) is 0 Å². The van der Waals surface area contributed by atoms with Crippen LogP contribution in [0, 0.1) is 5.41 Å². The zero-order valence-electron chi connectivity index (χ0n) is 23.5. The standard InChI is InChI=1S/C30H42N6O4S/c1-34-29(41-30(33)36-28(39)21-23-11-7-13-25(19-23)40-18-8-17-37)14-6-5-12-24(31)15-16-26(32)35-27(38)20-22-9-3-2-4-10-22/h2-4,7,9-11,13,15-16,19,27,35,37-38H,5-6,8,12,14,17-18,20-21,31-32H2,1H3,(H2,33,36,39)/b24-15-,26-16+,34-29-. The minimum atomic E-state index is -0.801. The first-order chi connectivity index (χ1) is 19.8. The first-order valence-corrected chi connectivity index (χ1v) is 14.4. The SMILES string of the molecule is C/N=C(/CCCC/C(N)=C/C=C(\N)NC(O)Cc1ccccc1)SC(=N)NC(=O)Cc1cccc(OCCCO)c1. The Morgan fingerprint density at radius 2 is 1.80 bits per heavy atom. The number of allylic oxidation sites excluding steroid dienone is 3. The Labute approximate surface area is 246 Å². The summed E-state index contributed by atoms with van der Waals surface area (Å²) in [4.78, 5) is 16.7. The van der Waals surface area contributed by atoms with Crippen molar-refractivity contribution in [3.8, 4) is 5.75 Å². The summed E-state index contributed by atoms with van der Waals surface area (Å²) in [5.74, 6) is 0.670.